The van der Waals surface area contributed by atoms with Crippen molar-refractivity contribution in [2.75, 3.05) is 13.1 Å². The fraction of sp³-hybridized carbons (Fsp3) is 0.444. The molecule has 122 valence electrons. The minimum atomic E-state index is -0.0166. The summed E-state index contributed by atoms with van der Waals surface area (Å²) in [5.74, 6) is 1.53. The van der Waals surface area contributed by atoms with Gasteiger partial charge < -0.3 is 9.42 Å². The van der Waals surface area contributed by atoms with Crippen LogP contribution >= 0.6 is 11.6 Å². The molecule has 2 heterocycles. The number of piperidine rings is 1. The number of aromatic nitrogens is 1. The van der Waals surface area contributed by atoms with Gasteiger partial charge in [-0.15, -0.1) is 0 Å². The average Bonchev–Trinajstić information content (AvgIpc) is 2.87. The van der Waals surface area contributed by atoms with Crippen LogP contribution in [-0.4, -0.2) is 29.1 Å². The van der Waals surface area contributed by atoms with Crippen molar-refractivity contribution in [1.82, 2.24) is 10.1 Å². The van der Waals surface area contributed by atoms with Gasteiger partial charge in [0.2, 0.25) is 0 Å². The monoisotopic (exact) mass is 332 g/mol. The van der Waals surface area contributed by atoms with Crippen molar-refractivity contribution in [2.24, 2.45) is 11.8 Å². The summed E-state index contributed by atoms with van der Waals surface area (Å²) >= 11 is 6.27. The summed E-state index contributed by atoms with van der Waals surface area (Å²) in [4.78, 5) is 15.0. The van der Waals surface area contributed by atoms with Gasteiger partial charge in [0.25, 0.3) is 5.91 Å². The predicted molar refractivity (Wildman–Crippen MR) is 90.5 cm³/mol. The van der Waals surface area contributed by atoms with E-state index >= 15 is 0 Å². The zero-order chi connectivity index (χ0) is 16.6. The highest BCUT2D eigenvalue weighted by Gasteiger charge is 2.31. The maximum absolute atomic E-state index is 13.1. The molecule has 1 aliphatic heterocycles. The van der Waals surface area contributed by atoms with Crippen molar-refractivity contribution in [3.05, 3.63) is 40.6 Å². The van der Waals surface area contributed by atoms with E-state index in [1.807, 2.05) is 23.1 Å². The van der Waals surface area contributed by atoms with E-state index in [4.69, 9.17) is 16.1 Å². The van der Waals surface area contributed by atoms with Gasteiger partial charge in [-0.25, -0.2) is 0 Å². The molecule has 0 bridgehead atoms. The number of likely N-dealkylation sites (tertiary alicyclic amines) is 1. The lowest BCUT2D eigenvalue weighted by atomic mass is 9.91. The number of benzene rings is 1. The van der Waals surface area contributed by atoms with Gasteiger partial charge in [-0.05, 0) is 31.2 Å². The molecule has 2 aromatic rings. The Balaban J connectivity index is 1.99. The van der Waals surface area contributed by atoms with Gasteiger partial charge in [0.15, 0.2) is 0 Å². The van der Waals surface area contributed by atoms with E-state index in [0.717, 1.165) is 25.1 Å². The highest BCUT2D eigenvalue weighted by molar-refractivity contribution is 6.33. The van der Waals surface area contributed by atoms with Crippen LogP contribution in [-0.2, 0) is 0 Å². The predicted octanol–water partition coefficient (Wildman–Crippen LogP) is 4.42. The summed E-state index contributed by atoms with van der Waals surface area (Å²) in [5.41, 5.74) is 1.79. The van der Waals surface area contributed by atoms with Crippen LogP contribution in [0.25, 0.3) is 11.3 Å². The lowest BCUT2D eigenvalue weighted by Gasteiger charge is -2.35. The van der Waals surface area contributed by atoms with Crippen molar-refractivity contribution < 1.29 is 9.32 Å². The van der Waals surface area contributed by atoms with E-state index in [2.05, 4.69) is 19.0 Å². The molecule has 0 unspecified atom stereocenters. The molecule has 4 nitrogen and oxygen atoms in total. The summed E-state index contributed by atoms with van der Waals surface area (Å²) in [7, 11) is 0. The van der Waals surface area contributed by atoms with Gasteiger partial charge in [0.05, 0.1) is 5.02 Å². The smallest absolute Gasteiger partial charge is 0.259 e. The van der Waals surface area contributed by atoms with Crippen LogP contribution in [0.4, 0.5) is 0 Å². The highest BCUT2D eigenvalue weighted by Crippen LogP contribution is 2.32. The van der Waals surface area contributed by atoms with Crippen LogP contribution in [0.15, 0.2) is 28.8 Å². The minimum Gasteiger partial charge on any atom is -0.360 e. The van der Waals surface area contributed by atoms with Crippen molar-refractivity contribution in [3.8, 4) is 11.3 Å². The summed E-state index contributed by atoms with van der Waals surface area (Å²) < 4.78 is 5.31. The normalized spacial score (nSPS) is 21.5. The Bertz CT molecular complexity index is 716. The Hall–Kier alpha value is -1.81. The van der Waals surface area contributed by atoms with Crippen molar-refractivity contribution >= 4 is 17.5 Å². The van der Waals surface area contributed by atoms with E-state index in [-0.39, 0.29) is 5.91 Å². The first-order chi connectivity index (χ1) is 11.0. The number of carbonyl (C=O) groups excluding carboxylic acids is 1. The molecule has 23 heavy (non-hydrogen) atoms. The molecular formula is C18H21ClN2O2. The molecule has 0 N–H and O–H groups in total. The molecular weight excluding hydrogens is 312 g/mol. The number of amides is 1. The molecule has 1 aromatic heterocycles. The maximum atomic E-state index is 13.1. The number of carbonyl (C=O) groups is 1. The standard InChI is InChI=1S/C18H21ClN2O2/c1-11-8-12(2)10-21(9-11)18(22)16-13(3)23-20-17(16)14-6-4-5-7-15(14)19/h4-7,11-12H,8-10H2,1-3H3/t11-,12-/m0/s1. The van der Waals surface area contributed by atoms with Crippen molar-refractivity contribution in [2.45, 2.75) is 27.2 Å². The third-order valence-corrected chi connectivity index (χ3v) is 4.69. The zero-order valence-corrected chi connectivity index (χ0v) is 14.4. The van der Waals surface area contributed by atoms with Gasteiger partial charge in [-0.3, -0.25) is 4.79 Å². The molecule has 1 saturated heterocycles. The second-order valence-corrected chi connectivity index (χ2v) is 7.01. The Labute approximate surface area is 141 Å². The van der Waals surface area contributed by atoms with Gasteiger partial charge in [0, 0.05) is 18.7 Å². The van der Waals surface area contributed by atoms with Crippen molar-refractivity contribution in [1.29, 1.82) is 0 Å². The molecule has 2 atom stereocenters. The molecule has 0 spiro atoms. The van der Waals surface area contributed by atoms with Gasteiger partial charge >= 0.3 is 0 Å². The Morgan fingerprint density at radius 2 is 1.91 bits per heavy atom. The topological polar surface area (TPSA) is 46.3 Å². The number of hydrogen-bond donors (Lipinski definition) is 0. The largest absolute Gasteiger partial charge is 0.360 e. The number of hydrogen-bond acceptors (Lipinski definition) is 3. The van der Waals surface area contributed by atoms with E-state index in [0.29, 0.717) is 33.9 Å². The van der Waals surface area contributed by atoms with Crippen LogP contribution < -0.4 is 0 Å². The van der Waals surface area contributed by atoms with Crippen LogP contribution in [0.5, 0.6) is 0 Å². The number of aryl methyl sites for hydroxylation is 1. The zero-order valence-electron chi connectivity index (χ0n) is 13.7. The molecule has 0 aliphatic carbocycles. The first-order valence-corrected chi connectivity index (χ1v) is 8.35. The second-order valence-electron chi connectivity index (χ2n) is 6.60. The molecule has 1 fully saturated rings. The SMILES string of the molecule is Cc1onc(-c2ccccc2Cl)c1C(=O)N1C[C@@H](C)C[C@H](C)C1. The molecule has 3 rings (SSSR count). The molecule has 1 amide bonds. The third kappa shape index (κ3) is 3.13. The van der Waals surface area contributed by atoms with Crippen LogP contribution in [0.2, 0.25) is 5.02 Å². The highest BCUT2D eigenvalue weighted by atomic mass is 35.5. The Kier molecular flexibility index (Phi) is 4.44. The first kappa shape index (κ1) is 16.1. The molecule has 5 heteroatoms. The Morgan fingerprint density at radius 3 is 2.57 bits per heavy atom. The van der Waals surface area contributed by atoms with Crippen LogP contribution in [0.1, 0.15) is 36.4 Å². The quantitative estimate of drug-likeness (QED) is 0.817. The summed E-state index contributed by atoms with van der Waals surface area (Å²) in [6.45, 7) is 7.69. The number of rotatable bonds is 2. The molecule has 0 saturated carbocycles. The Morgan fingerprint density at radius 1 is 1.26 bits per heavy atom. The van der Waals surface area contributed by atoms with E-state index in [9.17, 15) is 4.79 Å². The summed E-state index contributed by atoms with van der Waals surface area (Å²) in [6, 6.07) is 7.39. The van der Waals surface area contributed by atoms with E-state index in [1.54, 1.807) is 13.0 Å². The summed E-state index contributed by atoms with van der Waals surface area (Å²) in [5, 5.41) is 4.66. The van der Waals surface area contributed by atoms with E-state index in [1.165, 1.54) is 0 Å². The molecule has 0 radical (unpaired) electrons. The minimum absolute atomic E-state index is 0.0166. The van der Waals surface area contributed by atoms with Gasteiger partial charge in [-0.1, -0.05) is 48.8 Å². The fourth-order valence-corrected chi connectivity index (χ4v) is 3.67. The molecule has 1 aromatic carbocycles. The van der Waals surface area contributed by atoms with Crippen LogP contribution in [0, 0.1) is 18.8 Å². The fourth-order valence-electron chi connectivity index (χ4n) is 3.45. The molecule has 1 aliphatic rings. The third-order valence-electron chi connectivity index (χ3n) is 4.36. The van der Waals surface area contributed by atoms with E-state index < -0.39 is 0 Å². The van der Waals surface area contributed by atoms with Gasteiger partial charge in [-0.2, -0.15) is 0 Å². The lowest BCUT2D eigenvalue weighted by Crippen LogP contribution is -2.42. The van der Waals surface area contributed by atoms with Crippen LogP contribution in [0.3, 0.4) is 0 Å². The number of nitrogens with zero attached hydrogens (tertiary/aromatic N) is 2. The second kappa shape index (κ2) is 6.36. The lowest BCUT2D eigenvalue weighted by molar-refractivity contribution is 0.0622. The average molecular weight is 333 g/mol. The maximum Gasteiger partial charge on any atom is 0.259 e. The summed E-state index contributed by atoms with van der Waals surface area (Å²) in [6.07, 6.45) is 1.16. The first-order valence-electron chi connectivity index (χ1n) is 7.97. The van der Waals surface area contributed by atoms with Crippen molar-refractivity contribution in [3.63, 3.8) is 0 Å². The van der Waals surface area contributed by atoms with Gasteiger partial charge in [0.1, 0.15) is 17.0 Å². The number of halogens is 1.